The van der Waals surface area contributed by atoms with Gasteiger partial charge in [-0.25, -0.2) is 13.1 Å². The Hall–Kier alpha value is -1.63. The normalized spacial score (nSPS) is 20.0. The van der Waals surface area contributed by atoms with Crippen LogP contribution in [0.1, 0.15) is 43.2 Å². The van der Waals surface area contributed by atoms with Crippen molar-refractivity contribution in [2.24, 2.45) is 11.8 Å². The summed E-state index contributed by atoms with van der Waals surface area (Å²) in [5, 5.41) is 9.22. The number of carboxylic acid groups (broad SMARTS) is 1. The van der Waals surface area contributed by atoms with Gasteiger partial charge in [0.1, 0.15) is 0 Å². The van der Waals surface area contributed by atoms with E-state index < -0.39 is 16.0 Å². The van der Waals surface area contributed by atoms with E-state index in [0.717, 1.165) is 12.8 Å². The largest absolute Gasteiger partial charge is 0.481 e. The van der Waals surface area contributed by atoms with Gasteiger partial charge in [0, 0.05) is 18.0 Å². The van der Waals surface area contributed by atoms with Crippen molar-refractivity contribution in [1.82, 2.24) is 4.72 Å². The van der Waals surface area contributed by atoms with Crippen LogP contribution in [-0.4, -0.2) is 26.0 Å². The van der Waals surface area contributed by atoms with Crippen molar-refractivity contribution in [2.45, 2.75) is 50.8 Å². The van der Waals surface area contributed by atoms with E-state index in [-0.39, 0.29) is 18.3 Å². The molecule has 0 radical (unpaired) electrons. The molecule has 0 fully saturated rings. The SMILES string of the molecule is Cc1cc(Cl)cc(C)c1S(=O)(=O)NCC1CC=CCC1/C=C\CCCC(=O)O. The Morgan fingerprint density at radius 2 is 1.89 bits per heavy atom. The molecular formula is C21H28ClNO4S. The Labute approximate surface area is 172 Å². The van der Waals surface area contributed by atoms with Crippen LogP contribution in [0.3, 0.4) is 0 Å². The number of allylic oxidation sites excluding steroid dienone is 4. The zero-order valence-corrected chi connectivity index (χ0v) is 17.9. The predicted octanol–water partition coefficient (Wildman–Crippen LogP) is 4.63. The minimum atomic E-state index is -3.62. The molecule has 0 amide bonds. The highest BCUT2D eigenvalue weighted by Crippen LogP contribution is 2.28. The molecule has 28 heavy (non-hydrogen) atoms. The first-order valence-corrected chi connectivity index (χ1v) is 11.4. The van der Waals surface area contributed by atoms with Crippen LogP contribution in [0.2, 0.25) is 5.02 Å². The highest BCUT2D eigenvalue weighted by Gasteiger charge is 2.25. The molecule has 7 heteroatoms. The van der Waals surface area contributed by atoms with Crippen LogP contribution >= 0.6 is 11.6 Å². The van der Waals surface area contributed by atoms with Crippen LogP contribution in [0, 0.1) is 25.7 Å². The third-order valence-corrected chi connectivity index (χ3v) is 6.94. The third-order valence-electron chi connectivity index (χ3n) is 4.99. The number of aryl methyl sites for hydroxylation is 2. The standard InChI is InChI=1S/C21H28ClNO4S/c1-15-12-19(22)13-16(2)21(15)28(26,27)23-14-18-10-7-6-9-17(18)8-4-3-5-11-20(24)25/h4,6-8,12-13,17-18,23H,3,5,9-11,14H2,1-2H3,(H,24,25)/b8-4-. The number of benzene rings is 1. The number of carboxylic acids is 1. The lowest BCUT2D eigenvalue weighted by Crippen LogP contribution is -2.33. The van der Waals surface area contributed by atoms with E-state index >= 15 is 0 Å². The van der Waals surface area contributed by atoms with Gasteiger partial charge in [0.25, 0.3) is 0 Å². The van der Waals surface area contributed by atoms with Gasteiger partial charge in [-0.3, -0.25) is 4.79 Å². The second-order valence-corrected chi connectivity index (χ2v) is 9.44. The summed E-state index contributed by atoms with van der Waals surface area (Å²) in [6.45, 7) is 3.86. The number of hydrogen-bond donors (Lipinski definition) is 2. The van der Waals surface area contributed by atoms with Gasteiger partial charge in [-0.1, -0.05) is 35.9 Å². The molecule has 2 rings (SSSR count). The van der Waals surface area contributed by atoms with Crippen molar-refractivity contribution in [1.29, 1.82) is 0 Å². The van der Waals surface area contributed by atoms with Gasteiger partial charge in [0.2, 0.25) is 10.0 Å². The molecule has 0 saturated carbocycles. The molecule has 0 aliphatic heterocycles. The fourth-order valence-corrected chi connectivity index (χ4v) is 5.49. The second kappa shape index (κ2) is 10.2. The van der Waals surface area contributed by atoms with Gasteiger partial charge in [0.15, 0.2) is 0 Å². The summed E-state index contributed by atoms with van der Waals surface area (Å²) in [5.41, 5.74) is 1.27. The van der Waals surface area contributed by atoms with Crippen molar-refractivity contribution >= 4 is 27.6 Å². The maximum Gasteiger partial charge on any atom is 0.303 e. The first-order chi connectivity index (χ1) is 13.2. The molecule has 1 aliphatic carbocycles. The van der Waals surface area contributed by atoms with Crippen molar-refractivity contribution < 1.29 is 18.3 Å². The number of halogens is 1. The third kappa shape index (κ3) is 6.47. The van der Waals surface area contributed by atoms with E-state index in [1.807, 2.05) is 6.08 Å². The highest BCUT2D eigenvalue weighted by atomic mass is 35.5. The maximum atomic E-state index is 12.9. The van der Waals surface area contributed by atoms with Crippen LogP contribution in [0.25, 0.3) is 0 Å². The number of sulfonamides is 1. The second-order valence-electron chi connectivity index (χ2n) is 7.30. The summed E-state index contributed by atoms with van der Waals surface area (Å²) in [4.78, 5) is 10.9. The molecule has 0 bridgehead atoms. The summed E-state index contributed by atoms with van der Waals surface area (Å²) in [5.74, 6) is -0.373. The van der Waals surface area contributed by atoms with Crippen LogP contribution < -0.4 is 4.72 Å². The molecular weight excluding hydrogens is 398 g/mol. The van der Waals surface area contributed by atoms with E-state index in [1.165, 1.54) is 0 Å². The van der Waals surface area contributed by atoms with Gasteiger partial charge in [0.05, 0.1) is 4.90 Å². The maximum absolute atomic E-state index is 12.9. The number of aliphatic carboxylic acids is 1. The van der Waals surface area contributed by atoms with E-state index in [4.69, 9.17) is 16.7 Å². The zero-order chi connectivity index (χ0) is 20.7. The number of hydrogen-bond acceptors (Lipinski definition) is 3. The van der Waals surface area contributed by atoms with Gasteiger partial charge in [-0.15, -0.1) is 0 Å². The molecule has 0 heterocycles. The number of nitrogens with one attached hydrogen (secondary N) is 1. The monoisotopic (exact) mass is 425 g/mol. The Morgan fingerprint density at radius 3 is 2.54 bits per heavy atom. The molecule has 5 nitrogen and oxygen atoms in total. The van der Waals surface area contributed by atoms with Crippen molar-refractivity contribution in [2.75, 3.05) is 6.54 Å². The van der Waals surface area contributed by atoms with Crippen molar-refractivity contribution in [3.8, 4) is 0 Å². The number of unbranched alkanes of at least 4 members (excludes halogenated alkanes) is 1. The van der Waals surface area contributed by atoms with Gasteiger partial charge < -0.3 is 5.11 Å². The predicted molar refractivity (Wildman–Crippen MR) is 112 cm³/mol. The zero-order valence-electron chi connectivity index (χ0n) is 16.3. The summed E-state index contributed by atoms with van der Waals surface area (Å²) in [6.07, 6.45) is 11.5. The minimum Gasteiger partial charge on any atom is -0.481 e. The van der Waals surface area contributed by atoms with Crippen LogP contribution in [0.15, 0.2) is 41.3 Å². The molecule has 154 valence electrons. The van der Waals surface area contributed by atoms with Crippen molar-refractivity contribution in [3.63, 3.8) is 0 Å². The highest BCUT2D eigenvalue weighted by molar-refractivity contribution is 7.89. The fourth-order valence-electron chi connectivity index (χ4n) is 3.61. The molecule has 1 aromatic rings. The van der Waals surface area contributed by atoms with Crippen LogP contribution in [0.5, 0.6) is 0 Å². The Morgan fingerprint density at radius 1 is 1.25 bits per heavy atom. The summed E-state index contributed by atoms with van der Waals surface area (Å²) >= 11 is 6.02. The van der Waals surface area contributed by atoms with Crippen LogP contribution in [0.4, 0.5) is 0 Å². The first-order valence-electron chi connectivity index (χ1n) is 9.50. The Balaban J connectivity index is 2.02. The van der Waals surface area contributed by atoms with Crippen molar-refractivity contribution in [3.05, 3.63) is 52.6 Å². The van der Waals surface area contributed by atoms with E-state index in [1.54, 1.807) is 26.0 Å². The van der Waals surface area contributed by atoms with E-state index in [2.05, 4.69) is 23.0 Å². The first kappa shape index (κ1) is 22.7. The average molecular weight is 426 g/mol. The van der Waals surface area contributed by atoms with E-state index in [9.17, 15) is 13.2 Å². The number of carbonyl (C=O) groups is 1. The van der Waals surface area contributed by atoms with Gasteiger partial charge >= 0.3 is 5.97 Å². The van der Waals surface area contributed by atoms with Gasteiger partial charge in [-0.05, 0) is 74.6 Å². The topological polar surface area (TPSA) is 83.5 Å². The molecule has 0 aromatic heterocycles. The smallest absolute Gasteiger partial charge is 0.303 e. The molecule has 1 aliphatic rings. The van der Waals surface area contributed by atoms with Crippen LogP contribution in [-0.2, 0) is 14.8 Å². The average Bonchev–Trinajstić information content (AvgIpc) is 2.59. The fraction of sp³-hybridized carbons (Fsp3) is 0.476. The Kier molecular flexibility index (Phi) is 8.28. The molecule has 1 aromatic carbocycles. The Bertz CT molecular complexity index is 838. The lowest BCUT2D eigenvalue weighted by molar-refractivity contribution is -0.137. The van der Waals surface area contributed by atoms with Gasteiger partial charge in [-0.2, -0.15) is 0 Å². The molecule has 2 atom stereocenters. The quantitative estimate of drug-likeness (QED) is 0.446. The lowest BCUT2D eigenvalue weighted by Gasteiger charge is -2.26. The molecule has 0 spiro atoms. The molecule has 2 N–H and O–H groups in total. The minimum absolute atomic E-state index is 0.165. The summed E-state index contributed by atoms with van der Waals surface area (Å²) in [7, 11) is -3.62. The molecule has 2 unspecified atom stereocenters. The van der Waals surface area contributed by atoms with E-state index in [0.29, 0.717) is 40.4 Å². The molecule has 0 saturated heterocycles. The summed E-state index contributed by atoms with van der Waals surface area (Å²) in [6, 6.07) is 3.32. The lowest BCUT2D eigenvalue weighted by atomic mass is 9.83. The summed E-state index contributed by atoms with van der Waals surface area (Å²) < 4.78 is 28.5. The number of rotatable bonds is 9.